The highest BCUT2D eigenvalue weighted by atomic mass is 15.1. The summed E-state index contributed by atoms with van der Waals surface area (Å²) in [6, 6.07) is 4.82. The number of rotatable bonds is 7. The van der Waals surface area contributed by atoms with Gasteiger partial charge in [0.25, 0.3) is 0 Å². The molecule has 0 amide bonds. The van der Waals surface area contributed by atoms with Crippen LogP contribution in [0.25, 0.3) is 0 Å². The van der Waals surface area contributed by atoms with Crippen molar-refractivity contribution >= 4 is 0 Å². The van der Waals surface area contributed by atoms with Crippen molar-refractivity contribution in [1.82, 2.24) is 15.2 Å². The number of pyridine rings is 1. The molecule has 1 unspecified atom stereocenters. The second-order valence-electron chi connectivity index (χ2n) is 6.12. The number of aromatic nitrogens is 1. The van der Waals surface area contributed by atoms with E-state index < -0.39 is 0 Å². The zero-order valence-corrected chi connectivity index (χ0v) is 13.0. The average Bonchev–Trinajstić information content (AvgIpc) is 2.49. The van der Waals surface area contributed by atoms with Gasteiger partial charge < -0.3 is 10.2 Å². The van der Waals surface area contributed by atoms with Crippen molar-refractivity contribution in [1.29, 1.82) is 0 Å². The molecule has 1 fully saturated rings. The maximum Gasteiger partial charge on any atom is 0.0312 e. The maximum absolute atomic E-state index is 4.20. The second-order valence-corrected chi connectivity index (χ2v) is 6.12. The first-order chi connectivity index (χ1) is 9.79. The van der Waals surface area contributed by atoms with Crippen LogP contribution in [0.2, 0.25) is 0 Å². The fourth-order valence-electron chi connectivity index (χ4n) is 3.38. The van der Waals surface area contributed by atoms with E-state index in [2.05, 4.69) is 35.2 Å². The van der Waals surface area contributed by atoms with Crippen LogP contribution in [0.15, 0.2) is 24.5 Å². The van der Waals surface area contributed by atoms with Crippen LogP contribution in [-0.2, 0) is 6.54 Å². The minimum Gasteiger partial charge on any atom is -0.313 e. The van der Waals surface area contributed by atoms with E-state index in [-0.39, 0.29) is 0 Å². The fourth-order valence-corrected chi connectivity index (χ4v) is 3.38. The predicted molar refractivity (Wildman–Crippen MR) is 84.6 cm³/mol. The molecule has 0 spiro atoms. The summed E-state index contributed by atoms with van der Waals surface area (Å²) >= 11 is 0. The smallest absolute Gasteiger partial charge is 0.0312 e. The molecule has 1 heterocycles. The van der Waals surface area contributed by atoms with Crippen LogP contribution in [0.4, 0.5) is 0 Å². The maximum atomic E-state index is 4.20. The van der Waals surface area contributed by atoms with E-state index >= 15 is 0 Å². The van der Waals surface area contributed by atoms with Gasteiger partial charge in [0, 0.05) is 31.5 Å². The number of hydrogen-bond donors (Lipinski definition) is 1. The van der Waals surface area contributed by atoms with E-state index in [0.717, 1.165) is 25.6 Å². The van der Waals surface area contributed by atoms with Crippen molar-refractivity contribution in [2.45, 2.75) is 51.6 Å². The zero-order valence-electron chi connectivity index (χ0n) is 13.0. The van der Waals surface area contributed by atoms with Crippen LogP contribution in [-0.4, -0.2) is 36.1 Å². The molecule has 20 heavy (non-hydrogen) atoms. The molecule has 3 nitrogen and oxygen atoms in total. The van der Waals surface area contributed by atoms with Gasteiger partial charge in [-0.05, 0) is 44.0 Å². The molecular weight excluding hydrogens is 246 g/mol. The molecule has 0 aromatic carbocycles. The molecule has 1 atom stereocenters. The summed E-state index contributed by atoms with van der Waals surface area (Å²) in [5.74, 6) is 0.861. The van der Waals surface area contributed by atoms with Crippen molar-refractivity contribution in [2.24, 2.45) is 5.92 Å². The van der Waals surface area contributed by atoms with Gasteiger partial charge in [0.2, 0.25) is 0 Å². The average molecular weight is 275 g/mol. The molecule has 1 aromatic rings. The molecule has 1 aliphatic rings. The minimum atomic E-state index is 0.641. The molecule has 112 valence electrons. The summed E-state index contributed by atoms with van der Waals surface area (Å²) in [7, 11) is 2.22. The van der Waals surface area contributed by atoms with Crippen LogP contribution in [0.5, 0.6) is 0 Å². The lowest BCUT2D eigenvalue weighted by Crippen LogP contribution is -2.45. The number of nitrogens with zero attached hydrogens (tertiary/aromatic N) is 2. The number of hydrogen-bond acceptors (Lipinski definition) is 3. The van der Waals surface area contributed by atoms with E-state index in [1.807, 2.05) is 18.5 Å². The minimum absolute atomic E-state index is 0.641. The Morgan fingerprint density at radius 1 is 1.35 bits per heavy atom. The quantitative estimate of drug-likeness (QED) is 0.829. The third kappa shape index (κ3) is 4.88. The first-order valence-corrected chi connectivity index (χ1v) is 8.10. The van der Waals surface area contributed by atoms with Crippen LogP contribution >= 0.6 is 0 Å². The molecule has 1 aromatic heterocycles. The van der Waals surface area contributed by atoms with Gasteiger partial charge >= 0.3 is 0 Å². The third-order valence-electron chi connectivity index (χ3n) is 4.37. The molecule has 1 aliphatic carbocycles. The molecule has 2 rings (SSSR count). The first-order valence-electron chi connectivity index (χ1n) is 8.10. The van der Waals surface area contributed by atoms with Crippen molar-refractivity contribution < 1.29 is 0 Å². The highest BCUT2D eigenvalue weighted by Crippen LogP contribution is 2.27. The van der Waals surface area contributed by atoms with Crippen LogP contribution in [0.3, 0.4) is 0 Å². The second kappa shape index (κ2) is 8.38. The van der Waals surface area contributed by atoms with E-state index in [9.17, 15) is 0 Å². The van der Waals surface area contributed by atoms with Crippen LogP contribution < -0.4 is 5.32 Å². The standard InChI is InChI=1S/C17H29N3/c1-3-19-17(16-9-5-4-6-10-16)14-20(2)13-15-8-7-11-18-12-15/h7-8,11-12,16-17,19H,3-6,9-10,13-14H2,1-2H3. The van der Waals surface area contributed by atoms with Gasteiger partial charge in [0.05, 0.1) is 0 Å². The van der Waals surface area contributed by atoms with E-state index in [0.29, 0.717) is 6.04 Å². The van der Waals surface area contributed by atoms with Gasteiger partial charge in [-0.2, -0.15) is 0 Å². The van der Waals surface area contributed by atoms with Gasteiger partial charge in [-0.25, -0.2) is 0 Å². The monoisotopic (exact) mass is 275 g/mol. The Hall–Kier alpha value is -0.930. The number of nitrogens with one attached hydrogen (secondary N) is 1. The Kier molecular flexibility index (Phi) is 6.48. The highest BCUT2D eigenvalue weighted by Gasteiger charge is 2.23. The topological polar surface area (TPSA) is 28.2 Å². The van der Waals surface area contributed by atoms with Crippen molar-refractivity contribution in [3.8, 4) is 0 Å². The largest absolute Gasteiger partial charge is 0.313 e. The third-order valence-corrected chi connectivity index (χ3v) is 4.37. The number of likely N-dealkylation sites (N-methyl/N-ethyl adjacent to an activating group) is 2. The Morgan fingerprint density at radius 3 is 2.80 bits per heavy atom. The SMILES string of the molecule is CCNC(CN(C)Cc1cccnc1)C1CCCCC1. The van der Waals surface area contributed by atoms with Gasteiger partial charge in [0.1, 0.15) is 0 Å². The summed E-state index contributed by atoms with van der Waals surface area (Å²) in [6.07, 6.45) is 10.9. The van der Waals surface area contributed by atoms with Crippen LogP contribution in [0.1, 0.15) is 44.6 Å². The van der Waals surface area contributed by atoms with E-state index in [1.165, 1.54) is 37.7 Å². The Labute approximate surface area is 123 Å². The molecule has 3 heteroatoms. The molecule has 0 radical (unpaired) electrons. The normalized spacial score (nSPS) is 18.4. The van der Waals surface area contributed by atoms with Crippen molar-refractivity contribution in [3.05, 3.63) is 30.1 Å². The highest BCUT2D eigenvalue weighted by molar-refractivity contribution is 5.08. The summed E-state index contributed by atoms with van der Waals surface area (Å²) < 4.78 is 0. The summed E-state index contributed by atoms with van der Waals surface area (Å²) in [4.78, 5) is 6.63. The van der Waals surface area contributed by atoms with Gasteiger partial charge in [-0.1, -0.05) is 32.3 Å². The fraction of sp³-hybridized carbons (Fsp3) is 0.706. The molecular formula is C17H29N3. The van der Waals surface area contributed by atoms with Crippen molar-refractivity contribution in [3.63, 3.8) is 0 Å². The van der Waals surface area contributed by atoms with E-state index in [1.54, 1.807) is 0 Å². The van der Waals surface area contributed by atoms with Crippen LogP contribution in [0, 0.1) is 5.92 Å². The van der Waals surface area contributed by atoms with E-state index in [4.69, 9.17) is 0 Å². The molecule has 1 N–H and O–H groups in total. The summed E-state index contributed by atoms with van der Waals surface area (Å²) in [5, 5.41) is 3.71. The lowest BCUT2D eigenvalue weighted by atomic mass is 9.83. The molecule has 0 aliphatic heterocycles. The molecule has 1 saturated carbocycles. The van der Waals surface area contributed by atoms with Gasteiger partial charge in [-0.15, -0.1) is 0 Å². The summed E-state index contributed by atoms with van der Waals surface area (Å²) in [6.45, 7) is 5.41. The van der Waals surface area contributed by atoms with Gasteiger partial charge in [-0.3, -0.25) is 4.98 Å². The Bertz CT molecular complexity index is 360. The van der Waals surface area contributed by atoms with Gasteiger partial charge in [0.15, 0.2) is 0 Å². The Balaban J connectivity index is 1.86. The molecule has 0 saturated heterocycles. The first kappa shape index (κ1) is 15.5. The lowest BCUT2D eigenvalue weighted by molar-refractivity contribution is 0.202. The Morgan fingerprint density at radius 2 is 2.15 bits per heavy atom. The summed E-state index contributed by atoms with van der Waals surface area (Å²) in [5.41, 5.74) is 1.30. The molecule has 0 bridgehead atoms. The zero-order chi connectivity index (χ0) is 14.2. The lowest BCUT2D eigenvalue weighted by Gasteiger charge is -2.33. The van der Waals surface area contributed by atoms with Crippen molar-refractivity contribution in [2.75, 3.05) is 20.1 Å². The predicted octanol–water partition coefficient (Wildman–Crippen LogP) is 3.07.